The fraction of sp³-hybridized carbons (Fsp3) is 0.304. The van der Waals surface area contributed by atoms with Gasteiger partial charge in [0, 0.05) is 25.1 Å². The van der Waals surface area contributed by atoms with E-state index >= 15 is 0 Å². The van der Waals surface area contributed by atoms with Crippen LogP contribution < -0.4 is 9.64 Å². The molecule has 0 radical (unpaired) electrons. The summed E-state index contributed by atoms with van der Waals surface area (Å²) in [5.41, 5.74) is 1.57. The maximum absolute atomic E-state index is 13.2. The number of nitriles is 1. The summed E-state index contributed by atoms with van der Waals surface area (Å²) in [5.74, 6) is -0.233. The van der Waals surface area contributed by atoms with Crippen LogP contribution in [0.3, 0.4) is 0 Å². The van der Waals surface area contributed by atoms with E-state index in [4.69, 9.17) is 10.00 Å². The van der Waals surface area contributed by atoms with E-state index in [1.54, 1.807) is 36.4 Å². The minimum Gasteiger partial charge on any atom is -0.494 e. The molecule has 1 aliphatic heterocycles. The number of benzene rings is 2. The molecular formula is C23H23FN4O3. The lowest BCUT2D eigenvalue weighted by Gasteiger charge is -2.27. The Morgan fingerprint density at radius 1 is 1.19 bits per heavy atom. The Balaban J connectivity index is 1.82. The number of nitrogens with zero attached hydrogens (tertiary/aromatic N) is 4. The summed E-state index contributed by atoms with van der Waals surface area (Å²) in [7, 11) is 0. The number of ether oxygens (including phenoxy) is 1. The first-order valence-corrected chi connectivity index (χ1v) is 10.1. The van der Waals surface area contributed by atoms with Crippen molar-refractivity contribution >= 4 is 23.2 Å². The molecule has 1 heterocycles. The average molecular weight is 422 g/mol. The van der Waals surface area contributed by atoms with E-state index in [0.717, 1.165) is 0 Å². The highest BCUT2D eigenvalue weighted by Gasteiger charge is 2.28. The highest BCUT2D eigenvalue weighted by molar-refractivity contribution is 6.44. The standard InChI is InChI=1S/C23H23FN4O3/c1-2-31-20-10-8-19(9-11-20)27(15-3-14-25)23(30)21-12-13-22(29)28(26-21)16-17-4-6-18(24)7-5-17/h4-11H,2-3,12-13,15-16H2,1H3. The van der Waals surface area contributed by atoms with Crippen LogP contribution in [0.25, 0.3) is 0 Å². The molecule has 0 fully saturated rings. The van der Waals surface area contributed by atoms with Gasteiger partial charge in [-0.15, -0.1) is 0 Å². The lowest BCUT2D eigenvalue weighted by molar-refractivity contribution is -0.132. The fourth-order valence-corrected chi connectivity index (χ4v) is 3.20. The molecule has 0 unspecified atom stereocenters. The minimum atomic E-state index is -0.364. The molecule has 0 aliphatic carbocycles. The van der Waals surface area contributed by atoms with Gasteiger partial charge < -0.3 is 9.64 Å². The highest BCUT2D eigenvalue weighted by Crippen LogP contribution is 2.22. The molecule has 31 heavy (non-hydrogen) atoms. The molecule has 0 N–H and O–H groups in total. The van der Waals surface area contributed by atoms with Crippen molar-refractivity contribution in [3.8, 4) is 11.8 Å². The van der Waals surface area contributed by atoms with Crippen LogP contribution in [0, 0.1) is 17.1 Å². The summed E-state index contributed by atoms with van der Waals surface area (Å²) in [4.78, 5) is 27.0. The Morgan fingerprint density at radius 2 is 1.90 bits per heavy atom. The van der Waals surface area contributed by atoms with E-state index in [2.05, 4.69) is 11.2 Å². The van der Waals surface area contributed by atoms with Crippen LogP contribution in [0.1, 0.15) is 31.7 Å². The third-order valence-electron chi connectivity index (χ3n) is 4.75. The second-order valence-corrected chi connectivity index (χ2v) is 6.92. The molecule has 0 aromatic heterocycles. The number of amides is 2. The van der Waals surface area contributed by atoms with Crippen LogP contribution in [0.4, 0.5) is 10.1 Å². The summed E-state index contributed by atoms with van der Waals surface area (Å²) >= 11 is 0. The molecule has 0 saturated heterocycles. The molecule has 0 bridgehead atoms. The molecule has 2 aromatic rings. The molecule has 0 atom stereocenters. The molecule has 8 heteroatoms. The van der Waals surface area contributed by atoms with Crippen LogP contribution in [-0.2, 0) is 16.1 Å². The lowest BCUT2D eigenvalue weighted by Crippen LogP contribution is -2.42. The van der Waals surface area contributed by atoms with E-state index < -0.39 is 0 Å². The number of carbonyl (C=O) groups is 2. The van der Waals surface area contributed by atoms with Crippen molar-refractivity contribution in [1.29, 1.82) is 5.26 Å². The number of anilines is 1. The normalized spacial score (nSPS) is 13.4. The summed E-state index contributed by atoms with van der Waals surface area (Å²) in [6.07, 6.45) is 0.531. The lowest BCUT2D eigenvalue weighted by atomic mass is 10.1. The second-order valence-electron chi connectivity index (χ2n) is 6.92. The van der Waals surface area contributed by atoms with Crippen molar-refractivity contribution in [1.82, 2.24) is 5.01 Å². The maximum atomic E-state index is 13.2. The Kier molecular flexibility index (Phi) is 7.33. The summed E-state index contributed by atoms with van der Waals surface area (Å²) in [6.45, 7) is 2.77. The smallest absolute Gasteiger partial charge is 0.274 e. The first-order valence-electron chi connectivity index (χ1n) is 10.1. The Hall–Kier alpha value is -3.73. The topological polar surface area (TPSA) is 86.0 Å². The Morgan fingerprint density at radius 3 is 2.55 bits per heavy atom. The summed E-state index contributed by atoms with van der Waals surface area (Å²) < 4.78 is 18.6. The van der Waals surface area contributed by atoms with E-state index in [1.165, 1.54) is 22.0 Å². The largest absolute Gasteiger partial charge is 0.494 e. The Labute approximate surface area is 180 Å². The van der Waals surface area contributed by atoms with Crippen molar-refractivity contribution in [2.75, 3.05) is 18.1 Å². The van der Waals surface area contributed by atoms with Crippen LogP contribution >= 0.6 is 0 Å². The van der Waals surface area contributed by atoms with Crippen LogP contribution in [-0.4, -0.2) is 35.7 Å². The maximum Gasteiger partial charge on any atom is 0.274 e. The molecule has 160 valence electrons. The van der Waals surface area contributed by atoms with Gasteiger partial charge in [-0.2, -0.15) is 10.4 Å². The molecule has 3 rings (SSSR count). The van der Waals surface area contributed by atoms with Crippen molar-refractivity contribution in [2.24, 2.45) is 5.10 Å². The van der Waals surface area contributed by atoms with Gasteiger partial charge in [-0.05, 0) is 48.9 Å². The number of carbonyl (C=O) groups excluding carboxylic acids is 2. The molecule has 0 saturated carbocycles. The third kappa shape index (κ3) is 5.66. The first kappa shape index (κ1) is 22.0. The van der Waals surface area contributed by atoms with Gasteiger partial charge in [0.25, 0.3) is 5.91 Å². The second kappa shape index (κ2) is 10.3. The van der Waals surface area contributed by atoms with Crippen molar-refractivity contribution in [2.45, 2.75) is 32.7 Å². The minimum absolute atomic E-state index is 0.150. The summed E-state index contributed by atoms with van der Waals surface area (Å²) in [6, 6.07) is 14.9. The Bertz CT molecular complexity index is 997. The first-order chi connectivity index (χ1) is 15.0. The van der Waals surface area contributed by atoms with Gasteiger partial charge in [-0.1, -0.05) is 12.1 Å². The van der Waals surface area contributed by atoms with Gasteiger partial charge in [-0.25, -0.2) is 9.40 Å². The highest BCUT2D eigenvalue weighted by atomic mass is 19.1. The summed E-state index contributed by atoms with van der Waals surface area (Å²) in [5, 5.41) is 14.5. The van der Waals surface area contributed by atoms with Gasteiger partial charge in [0.2, 0.25) is 5.91 Å². The zero-order valence-electron chi connectivity index (χ0n) is 17.3. The molecule has 7 nitrogen and oxygen atoms in total. The van der Waals surface area contributed by atoms with Crippen molar-refractivity contribution in [3.05, 3.63) is 59.9 Å². The van der Waals surface area contributed by atoms with Gasteiger partial charge >= 0.3 is 0 Å². The molecule has 1 aliphatic rings. The number of halogens is 1. The third-order valence-corrected chi connectivity index (χ3v) is 4.75. The molecule has 2 amide bonds. The quantitative estimate of drug-likeness (QED) is 0.650. The van der Waals surface area contributed by atoms with E-state index in [-0.39, 0.29) is 55.7 Å². The molecule has 2 aromatic carbocycles. The number of rotatable bonds is 8. The monoisotopic (exact) mass is 422 g/mol. The number of hydrogen-bond acceptors (Lipinski definition) is 5. The van der Waals surface area contributed by atoms with E-state index in [0.29, 0.717) is 23.6 Å². The van der Waals surface area contributed by atoms with E-state index in [1.807, 2.05) is 6.92 Å². The molecule has 0 spiro atoms. The molecular weight excluding hydrogens is 399 g/mol. The van der Waals surface area contributed by atoms with Gasteiger partial charge in [0.05, 0.1) is 25.6 Å². The SMILES string of the molecule is CCOc1ccc(N(CCC#N)C(=O)C2=NN(Cc3ccc(F)cc3)C(=O)CC2)cc1. The van der Waals surface area contributed by atoms with Crippen molar-refractivity contribution < 1.29 is 18.7 Å². The zero-order chi connectivity index (χ0) is 22.2. The fourth-order valence-electron chi connectivity index (χ4n) is 3.20. The van der Waals surface area contributed by atoms with E-state index in [9.17, 15) is 14.0 Å². The van der Waals surface area contributed by atoms with Crippen LogP contribution in [0.15, 0.2) is 53.6 Å². The van der Waals surface area contributed by atoms with Gasteiger partial charge in [-0.3, -0.25) is 9.59 Å². The van der Waals surface area contributed by atoms with Crippen molar-refractivity contribution in [3.63, 3.8) is 0 Å². The predicted octanol–water partition coefficient (Wildman–Crippen LogP) is 3.65. The van der Waals surface area contributed by atoms with Crippen LogP contribution in [0.5, 0.6) is 5.75 Å². The number of hydrogen-bond donors (Lipinski definition) is 0. The average Bonchev–Trinajstić information content (AvgIpc) is 2.78. The predicted molar refractivity (Wildman–Crippen MR) is 114 cm³/mol. The van der Waals surface area contributed by atoms with Gasteiger partial charge in [0.15, 0.2) is 0 Å². The zero-order valence-corrected chi connectivity index (χ0v) is 17.3. The number of hydrazone groups is 1. The van der Waals surface area contributed by atoms with Gasteiger partial charge in [0.1, 0.15) is 17.3 Å². The van der Waals surface area contributed by atoms with Crippen LogP contribution in [0.2, 0.25) is 0 Å².